The molecule has 3 rings (SSSR count). The third-order valence-corrected chi connectivity index (χ3v) is 3.97. The summed E-state index contributed by atoms with van der Waals surface area (Å²) in [7, 11) is 0. The number of rotatable bonds is 1. The van der Waals surface area contributed by atoms with Crippen LogP contribution in [0.3, 0.4) is 0 Å². The minimum atomic E-state index is -0.773. The van der Waals surface area contributed by atoms with Gasteiger partial charge in [-0.3, -0.25) is 4.98 Å². The fraction of sp³-hybridized carbons (Fsp3) is 0.444. The van der Waals surface area contributed by atoms with E-state index in [4.69, 9.17) is 4.74 Å². The Kier molecular flexibility index (Phi) is 4.32. The summed E-state index contributed by atoms with van der Waals surface area (Å²) in [4.78, 5) is 19.8. The maximum Gasteiger partial charge on any atom is 0.410 e. The molecular formula is C18H23N3O3. The van der Waals surface area contributed by atoms with Crippen molar-refractivity contribution in [1.29, 1.82) is 0 Å². The van der Waals surface area contributed by atoms with Crippen molar-refractivity contribution in [2.24, 2.45) is 0 Å². The zero-order valence-corrected chi connectivity index (χ0v) is 14.3. The summed E-state index contributed by atoms with van der Waals surface area (Å²) in [6.45, 7) is 6.77. The van der Waals surface area contributed by atoms with Gasteiger partial charge in [-0.2, -0.15) is 0 Å². The average molecular weight is 329 g/mol. The predicted octanol–water partition coefficient (Wildman–Crippen LogP) is 2.61. The summed E-state index contributed by atoms with van der Waals surface area (Å²) in [5.41, 5.74) is 0.410. The number of pyridine rings is 1. The van der Waals surface area contributed by atoms with Crippen LogP contribution >= 0.6 is 0 Å². The number of aromatic nitrogens is 1. The topological polar surface area (TPSA) is 65.9 Å². The second-order valence-electron chi connectivity index (χ2n) is 6.97. The van der Waals surface area contributed by atoms with Crippen molar-refractivity contribution < 1.29 is 14.6 Å². The molecule has 1 amide bonds. The molecule has 6 nitrogen and oxygen atoms in total. The SMILES string of the molecule is CC(C)(C)OC(=O)N1CCN(c2cccc3cnccc23)C(O)C1. The van der Waals surface area contributed by atoms with Crippen LogP contribution in [0.2, 0.25) is 0 Å². The number of piperazine rings is 1. The molecule has 1 atom stereocenters. The average Bonchev–Trinajstić information content (AvgIpc) is 2.53. The highest BCUT2D eigenvalue weighted by Crippen LogP contribution is 2.28. The molecule has 0 spiro atoms. The number of aliphatic hydroxyl groups is 1. The lowest BCUT2D eigenvalue weighted by Crippen LogP contribution is -2.55. The number of ether oxygens (including phenoxy) is 1. The van der Waals surface area contributed by atoms with Crippen LogP contribution in [0.1, 0.15) is 20.8 Å². The number of hydrogen-bond acceptors (Lipinski definition) is 5. The van der Waals surface area contributed by atoms with E-state index in [0.29, 0.717) is 13.1 Å². The third kappa shape index (κ3) is 3.43. The number of nitrogens with zero attached hydrogens (tertiary/aromatic N) is 3. The molecule has 2 aromatic rings. The zero-order chi connectivity index (χ0) is 17.3. The van der Waals surface area contributed by atoms with Gasteiger partial charge in [0.1, 0.15) is 11.8 Å². The Hall–Kier alpha value is -2.34. The van der Waals surface area contributed by atoms with Crippen LogP contribution in [0.4, 0.5) is 10.5 Å². The number of β-amino-alcohol motifs (C(OH)–C–C–N with tert-alkyl or cyclic N) is 1. The van der Waals surface area contributed by atoms with Gasteiger partial charge in [-0.05, 0) is 32.9 Å². The first-order valence-corrected chi connectivity index (χ1v) is 8.10. The molecule has 0 radical (unpaired) electrons. The second kappa shape index (κ2) is 6.28. The molecule has 24 heavy (non-hydrogen) atoms. The summed E-state index contributed by atoms with van der Waals surface area (Å²) in [5, 5.41) is 12.6. The lowest BCUT2D eigenvalue weighted by atomic mass is 10.1. The summed E-state index contributed by atoms with van der Waals surface area (Å²) in [6.07, 6.45) is 2.39. The van der Waals surface area contributed by atoms with E-state index >= 15 is 0 Å². The van der Waals surface area contributed by atoms with Crippen molar-refractivity contribution in [1.82, 2.24) is 9.88 Å². The fourth-order valence-corrected chi connectivity index (χ4v) is 2.89. The number of carbonyl (C=O) groups is 1. The fourth-order valence-electron chi connectivity index (χ4n) is 2.89. The van der Waals surface area contributed by atoms with Gasteiger partial charge in [0.15, 0.2) is 0 Å². The van der Waals surface area contributed by atoms with Gasteiger partial charge < -0.3 is 19.6 Å². The summed E-state index contributed by atoms with van der Waals surface area (Å²) < 4.78 is 5.39. The van der Waals surface area contributed by atoms with Crippen molar-refractivity contribution in [3.8, 4) is 0 Å². The zero-order valence-electron chi connectivity index (χ0n) is 14.3. The number of anilines is 1. The molecule has 1 aliphatic heterocycles. The van der Waals surface area contributed by atoms with Gasteiger partial charge in [-0.1, -0.05) is 12.1 Å². The van der Waals surface area contributed by atoms with Gasteiger partial charge in [0.05, 0.1) is 6.54 Å². The van der Waals surface area contributed by atoms with Crippen molar-refractivity contribution in [2.45, 2.75) is 32.6 Å². The van der Waals surface area contributed by atoms with Gasteiger partial charge in [-0.25, -0.2) is 4.79 Å². The van der Waals surface area contributed by atoms with Crippen molar-refractivity contribution in [2.75, 3.05) is 24.5 Å². The van der Waals surface area contributed by atoms with Gasteiger partial charge in [0, 0.05) is 41.9 Å². The normalized spacial score (nSPS) is 18.8. The highest BCUT2D eigenvalue weighted by Gasteiger charge is 2.31. The van der Waals surface area contributed by atoms with Crippen LogP contribution in [0.5, 0.6) is 0 Å². The number of amides is 1. The van der Waals surface area contributed by atoms with E-state index in [2.05, 4.69) is 4.98 Å². The Morgan fingerprint density at radius 2 is 2.08 bits per heavy atom. The second-order valence-corrected chi connectivity index (χ2v) is 6.97. The number of hydrogen-bond donors (Lipinski definition) is 1. The molecule has 1 fully saturated rings. The molecule has 128 valence electrons. The molecule has 1 N–H and O–H groups in total. The minimum Gasteiger partial charge on any atom is -0.444 e. The van der Waals surface area contributed by atoms with Crippen LogP contribution in [0.15, 0.2) is 36.7 Å². The Labute approximate surface area is 141 Å². The van der Waals surface area contributed by atoms with Gasteiger partial charge in [0.25, 0.3) is 0 Å². The minimum absolute atomic E-state index is 0.219. The summed E-state index contributed by atoms with van der Waals surface area (Å²) >= 11 is 0. The molecule has 0 bridgehead atoms. The maximum atomic E-state index is 12.2. The number of fused-ring (bicyclic) bond motifs is 1. The number of carbonyl (C=O) groups excluding carboxylic acids is 1. The van der Waals surface area contributed by atoms with E-state index in [9.17, 15) is 9.90 Å². The lowest BCUT2D eigenvalue weighted by molar-refractivity contribution is 0.00742. The van der Waals surface area contributed by atoms with Gasteiger partial charge in [-0.15, -0.1) is 0 Å². The molecule has 6 heteroatoms. The van der Waals surface area contributed by atoms with Crippen LogP contribution in [-0.4, -0.2) is 52.5 Å². The Morgan fingerprint density at radius 3 is 2.79 bits per heavy atom. The van der Waals surface area contributed by atoms with Crippen LogP contribution in [0, 0.1) is 0 Å². The summed E-state index contributed by atoms with van der Waals surface area (Å²) in [6, 6.07) is 7.87. The molecule has 1 saturated heterocycles. The van der Waals surface area contributed by atoms with Crippen molar-refractivity contribution in [3.05, 3.63) is 36.7 Å². The Morgan fingerprint density at radius 1 is 1.29 bits per heavy atom. The summed E-state index contributed by atoms with van der Waals surface area (Å²) in [5.74, 6) is 0. The van der Waals surface area contributed by atoms with E-state index in [1.165, 1.54) is 0 Å². The van der Waals surface area contributed by atoms with E-state index in [-0.39, 0.29) is 12.6 Å². The number of aliphatic hydroxyl groups excluding tert-OH is 1. The highest BCUT2D eigenvalue weighted by molar-refractivity contribution is 5.93. The smallest absolute Gasteiger partial charge is 0.410 e. The van der Waals surface area contributed by atoms with Crippen molar-refractivity contribution >= 4 is 22.6 Å². The van der Waals surface area contributed by atoms with Gasteiger partial charge in [0.2, 0.25) is 0 Å². The molecule has 1 unspecified atom stereocenters. The number of benzene rings is 1. The van der Waals surface area contributed by atoms with Crippen LogP contribution in [0.25, 0.3) is 10.8 Å². The van der Waals surface area contributed by atoms with E-state index in [1.54, 1.807) is 11.1 Å². The molecule has 1 aromatic carbocycles. The molecule has 1 aliphatic rings. The first-order chi connectivity index (χ1) is 11.3. The van der Waals surface area contributed by atoms with E-state index in [0.717, 1.165) is 16.5 Å². The van der Waals surface area contributed by atoms with E-state index in [1.807, 2.05) is 56.1 Å². The van der Waals surface area contributed by atoms with Gasteiger partial charge >= 0.3 is 6.09 Å². The first kappa shape index (κ1) is 16.5. The molecule has 2 heterocycles. The van der Waals surface area contributed by atoms with Crippen LogP contribution in [-0.2, 0) is 4.74 Å². The predicted molar refractivity (Wildman–Crippen MR) is 92.9 cm³/mol. The first-order valence-electron chi connectivity index (χ1n) is 8.10. The van der Waals surface area contributed by atoms with Crippen LogP contribution < -0.4 is 4.90 Å². The molecule has 0 saturated carbocycles. The monoisotopic (exact) mass is 329 g/mol. The largest absolute Gasteiger partial charge is 0.444 e. The third-order valence-electron chi connectivity index (χ3n) is 3.97. The van der Waals surface area contributed by atoms with E-state index < -0.39 is 11.8 Å². The molecular weight excluding hydrogens is 306 g/mol. The quantitative estimate of drug-likeness (QED) is 0.871. The molecule has 1 aromatic heterocycles. The van der Waals surface area contributed by atoms with Crippen molar-refractivity contribution in [3.63, 3.8) is 0 Å². The highest BCUT2D eigenvalue weighted by atomic mass is 16.6. The molecule has 0 aliphatic carbocycles. The Balaban J connectivity index is 1.77. The Bertz CT molecular complexity index is 736. The standard InChI is InChI=1S/C18H23N3O3/c1-18(2,3)24-17(23)20-9-10-21(16(22)12-20)15-6-4-5-13-11-19-8-7-14(13)15/h4-8,11,16,22H,9-10,12H2,1-3H3. The maximum absolute atomic E-state index is 12.2. The lowest BCUT2D eigenvalue weighted by Gasteiger charge is -2.40.